The summed E-state index contributed by atoms with van der Waals surface area (Å²) in [5.74, 6) is -0.357. The van der Waals surface area contributed by atoms with E-state index in [-0.39, 0.29) is 18.1 Å². The zero-order valence-corrected chi connectivity index (χ0v) is 13.2. The van der Waals surface area contributed by atoms with Gasteiger partial charge in [0.2, 0.25) is 0 Å². The SMILES string of the molecule is CC(C)OC(=O)c1ccc(N[C@@H](C)c2ccccc2)c(N)c1. The number of carbonyl (C=O) groups excluding carboxylic acids is 1. The number of hydrogen-bond acceptors (Lipinski definition) is 4. The smallest absolute Gasteiger partial charge is 0.338 e. The standard InChI is InChI=1S/C18H22N2O2/c1-12(2)22-18(21)15-9-10-17(16(19)11-15)20-13(3)14-7-5-4-6-8-14/h4-13,20H,19H2,1-3H3/t13-/m0/s1. The van der Waals surface area contributed by atoms with Gasteiger partial charge in [-0.1, -0.05) is 30.3 Å². The van der Waals surface area contributed by atoms with Crippen molar-refractivity contribution in [2.75, 3.05) is 11.1 Å². The molecule has 0 aliphatic heterocycles. The van der Waals surface area contributed by atoms with E-state index < -0.39 is 0 Å². The van der Waals surface area contributed by atoms with E-state index in [1.165, 1.54) is 5.56 Å². The van der Waals surface area contributed by atoms with E-state index in [1.807, 2.05) is 38.1 Å². The van der Waals surface area contributed by atoms with Gasteiger partial charge in [0.15, 0.2) is 0 Å². The summed E-state index contributed by atoms with van der Waals surface area (Å²) in [5, 5.41) is 3.36. The van der Waals surface area contributed by atoms with Crippen LogP contribution in [0.3, 0.4) is 0 Å². The Kier molecular flexibility index (Phi) is 5.04. The van der Waals surface area contributed by atoms with Gasteiger partial charge in [-0.3, -0.25) is 0 Å². The number of ether oxygens (including phenoxy) is 1. The fraction of sp³-hybridized carbons (Fsp3) is 0.278. The lowest BCUT2D eigenvalue weighted by molar-refractivity contribution is 0.0378. The molecule has 0 aliphatic rings. The molecule has 0 aromatic heterocycles. The normalized spacial score (nSPS) is 12.0. The number of hydrogen-bond donors (Lipinski definition) is 2. The van der Waals surface area contributed by atoms with Crippen LogP contribution in [-0.4, -0.2) is 12.1 Å². The Morgan fingerprint density at radius 2 is 1.77 bits per heavy atom. The van der Waals surface area contributed by atoms with Crippen LogP contribution in [0.1, 0.15) is 42.7 Å². The molecule has 2 aromatic carbocycles. The molecule has 0 saturated heterocycles. The number of nitrogen functional groups attached to an aromatic ring is 1. The van der Waals surface area contributed by atoms with Crippen LogP contribution >= 0.6 is 0 Å². The second-order valence-corrected chi connectivity index (χ2v) is 5.53. The van der Waals surface area contributed by atoms with Crippen LogP contribution in [0.2, 0.25) is 0 Å². The maximum Gasteiger partial charge on any atom is 0.338 e. The van der Waals surface area contributed by atoms with Gasteiger partial charge >= 0.3 is 5.97 Å². The van der Waals surface area contributed by atoms with Crippen LogP contribution in [0.5, 0.6) is 0 Å². The van der Waals surface area contributed by atoms with E-state index in [0.29, 0.717) is 11.3 Å². The average Bonchev–Trinajstić information content (AvgIpc) is 2.49. The zero-order chi connectivity index (χ0) is 16.1. The molecule has 2 rings (SSSR count). The fourth-order valence-corrected chi connectivity index (χ4v) is 2.16. The van der Waals surface area contributed by atoms with E-state index in [9.17, 15) is 4.79 Å². The summed E-state index contributed by atoms with van der Waals surface area (Å²) in [6, 6.07) is 15.4. The van der Waals surface area contributed by atoms with E-state index >= 15 is 0 Å². The minimum atomic E-state index is -0.357. The molecule has 22 heavy (non-hydrogen) atoms. The predicted octanol–water partition coefficient (Wildman–Crippen LogP) is 4.01. The highest BCUT2D eigenvalue weighted by Crippen LogP contribution is 2.25. The third kappa shape index (κ3) is 4.01. The molecule has 0 fully saturated rings. The molecule has 4 heteroatoms. The second-order valence-electron chi connectivity index (χ2n) is 5.53. The van der Waals surface area contributed by atoms with Crippen molar-refractivity contribution in [2.24, 2.45) is 0 Å². The van der Waals surface area contributed by atoms with E-state index in [0.717, 1.165) is 5.69 Å². The summed E-state index contributed by atoms with van der Waals surface area (Å²) >= 11 is 0. The van der Waals surface area contributed by atoms with Gasteiger partial charge < -0.3 is 15.8 Å². The van der Waals surface area contributed by atoms with Crippen LogP contribution in [0.25, 0.3) is 0 Å². The highest BCUT2D eigenvalue weighted by molar-refractivity contribution is 5.92. The topological polar surface area (TPSA) is 64.3 Å². The molecule has 4 nitrogen and oxygen atoms in total. The Bertz CT molecular complexity index is 639. The summed E-state index contributed by atoms with van der Waals surface area (Å²) in [7, 11) is 0. The van der Waals surface area contributed by atoms with Gasteiger partial charge in [-0.15, -0.1) is 0 Å². The summed E-state index contributed by atoms with van der Waals surface area (Å²) in [6.07, 6.45) is -0.148. The van der Waals surface area contributed by atoms with Crippen molar-refractivity contribution in [2.45, 2.75) is 32.9 Å². The lowest BCUT2D eigenvalue weighted by atomic mass is 10.1. The molecule has 0 spiro atoms. The largest absolute Gasteiger partial charge is 0.459 e. The maximum absolute atomic E-state index is 11.9. The highest BCUT2D eigenvalue weighted by atomic mass is 16.5. The number of rotatable bonds is 5. The van der Waals surface area contributed by atoms with Crippen molar-refractivity contribution < 1.29 is 9.53 Å². The van der Waals surface area contributed by atoms with Crippen molar-refractivity contribution in [3.63, 3.8) is 0 Å². The first-order chi connectivity index (χ1) is 10.5. The van der Waals surface area contributed by atoms with Gasteiger partial charge in [0.25, 0.3) is 0 Å². The second kappa shape index (κ2) is 6.98. The molecule has 0 heterocycles. The van der Waals surface area contributed by atoms with E-state index in [1.54, 1.807) is 12.1 Å². The average molecular weight is 298 g/mol. The summed E-state index contributed by atoms with van der Waals surface area (Å²) in [4.78, 5) is 11.9. The third-order valence-electron chi connectivity index (χ3n) is 3.30. The summed E-state index contributed by atoms with van der Waals surface area (Å²) < 4.78 is 5.17. The third-order valence-corrected chi connectivity index (χ3v) is 3.30. The van der Waals surface area contributed by atoms with E-state index in [2.05, 4.69) is 24.4 Å². The maximum atomic E-state index is 11.9. The van der Waals surface area contributed by atoms with Gasteiger partial charge in [0, 0.05) is 6.04 Å². The van der Waals surface area contributed by atoms with Crippen LogP contribution in [-0.2, 0) is 4.74 Å². The van der Waals surface area contributed by atoms with Crippen LogP contribution in [0.4, 0.5) is 11.4 Å². The Hall–Kier alpha value is -2.49. The molecule has 2 aromatic rings. The molecular formula is C18H22N2O2. The predicted molar refractivity (Wildman–Crippen MR) is 89.9 cm³/mol. The quantitative estimate of drug-likeness (QED) is 0.646. The van der Waals surface area contributed by atoms with Crippen molar-refractivity contribution in [1.29, 1.82) is 0 Å². The first kappa shape index (κ1) is 15.9. The molecule has 116 valence electrons. The Morgan fingerprint density at radius 1 is 1.09 bits per heavy atom. The molecule has 0 radical (unpaired) electrons. The lowest BCUT2D eigenvalue weighted by Gasteiger charge is -2.18. The van der Waals surface area contributed by atoms with Crippen molar-refractivity contribution in [1.82, 2.24) is 0 Å². The zero-order valence-electron chi connectivity index (χ0n) is 13.2. The van der Waals surface area contributed by atoms with Crippen molar-refractivity contribution in [3.8, 4) is 0 Å². The first-order valence-corrected chi connectivity index (χ1v) is 7.39. The van der Waals surface area contributed by atoms with Gasteiger partial charge in [-0.05, 0) is 44.5 Å². The lowest BCUT2D eigenvalue weighted by Crippen LogP contribution is -2.13. The number of nitrogens with two attached hydrogens (primary N) is 1. The molecule has 0 amide bonds. The highest BCUT2D eigenvalue weighted by Gasteiger charge is 2.12. The van der Waals surface area contributed by atoms with Gasteiger partial charge in [-0.2, -0.15) is 0 Å². The molecule has 0 aliphatic carbocycles. The molecule has 0 saturated carbocycles. The van der Waals surface area contributed by atoms with Gasteiger partial charge in [-0.25, -0.2) is 4.79 Å². The van der Waals surface area contributed by atoms with Crippen molar-refractivity contribution >= 4 is 17.3 Å². The van der Waals surface area contributed by atoms with E-state index in [4.69, 9.17) is 10.5 Å². The van der Waals surface area contributed by atoms with Crippen LogP contribution in [0, 0.1) is 0 Å². The summed E-state index contributed by atoms with van der Waals surface area (Å²) in [6.45, 7) is 5.70. The number of anilines is 2. The molecule has 3 N–H and O–H groups in total. The molecule has 1 atom stereocenters. The molecule has 0 unspecified atom stereocenters. The molecule has 0 bridgehead atoms. The number of carbonyl (C=O) groups is 1. The summed E-state index contributed by atoms with van der Waals surface area (Å²) in [5.41, 5.74) is 9.01. The fourth-order valence-electron chi connectivity index (χ4n) is 2.16. The Morgan fingerprint density at radius 3 is 2.36 bits per heavy atom. The van der Waals surface area contributed by atoms with Crippen molar-refractivity contribution in [3.05, 3.63) is 59.7 Å². The molecular weight excluding hydrogens is 276 g/mol. The number of benzene rings is 2. The minimum absolute atomic E-state index is 0.122. The van der Waals surface area contributed by atoms with Crippen LogP contribution in [0.15, 0.2) is 48.5 Å². The van der Waals surface area contributed by atoms with Crippen LogP contribution < -0.4 is 11.1 Å². The van der Waals surface area contributed by atoms with Gasteiger partial charge in [0.05, 0.1) is 23.0 Å². The Balaban J connectivity index is 2.11. The minimum Gasteiger partial charge on any atom is -0.459 e. The number of nitrogens with one attached hydrogen (secondary N) is 1. The number of esters is 1. The monoisotopic (exact) mass is 298 g/mol. The van der Waals surface area contributed by atoms with Gasteiger partial charge in [0.1, 0.15) is 0 Å². The first-order valence-electron chi connectivity index (χ1n) is 7.39. The Labute approximate surface area is 131 Å².